The summed E-state index contributed by atoms with van der Waals surface area (Å²) in [6.45, 7) is 7.04. The van der Waals surface area contributed by atoms with Crippen LogP contribution in [0.25, 0.3) is 0 Å². The number of piperidine rings is 1. The predicted molar refractivity (Wildman–Crippen MR) is 99.0 cm³/mol. The first kappa shape index (κ1) is 16.7. The van der Waals surface area contributed by atoms with Crippen LogP contribution >= 0.6 is 0 Å². The minimum atomic E-state index is 0.0725. The summed E-state index contributed by atoms with van der Waals surface area (Å²) in [5.41, 5.74) is 4.75. The van der Waals surface area contributed by atoms with Crippen LogP contribution in [0.3, 0.4) is 0 Å². The Morgan fingerprint density at radius 1 is 1.17 bits per heavy atom. The van der Waals surface area contributed by atoms with Crippen LogP contribution in [0.5, 0.6) is 0 Å². The van der Waals surface area contributed by atoms with E-state index in [2.05, 4.69) is 41.4 Å². The van der Waals surface area contributed by atoms with Gasteiger partial charge in [0.1, 0.15) is 0 Å². The van der Waals surface area contributed by atoms with Crippen molar-refractivity contribution in [2.75, 3.05) is 18.4 Å². The van der Waals surface area contributed by atoms with Gasteiger partial charge in [-0.3, -0.25) is 9.69 Å². The van der Waals surface area contributed by atoms with Gasteiger partial charge in [0.15, 0.2) is 0 Å². The molecular weight excluding hydrogens is 296 g/mol. The maximum absolute atomic E-state index is 12.6. The summed E-state index contributed by atoms with van der Waals surface area (Å²) >= 11 is 0. The molecule has 1 saturated heterocycles. The fourth-order valence-electron chi connectivity index (χ4n) is 3.41. The highest BCUT2D eigenvalue weighted by Gasteiger charge is 2.26. The number of nitrogens with zero attached hydrogens (tertiary/aromatic N) is 1. The lowest BCUT2D eigenvalue weighted by molar-refractivity contribution is -0.121. The van der Waals surface area contributed by atoms with E-state index in [1.807, 2.05) is 31.2 Å². The molecule has 2 aromatic carbocycles. The highest BCUT2D eigenvalue weighted by atomic mass is 16.1. The fourth-order valence-corrected chi connectivity index (χ4v) is 3.41. The van der Waals surface area contributed by atoms with E-state index in [0.29, 0.717) is 0 Å². The molecule has 3 heteroatoms. The Hall–Kier alpha value is -2.13. The molecule has 3 rings (SSSR count). The molecule has 3 nitrogen and oxygen atoms in total. The molecule has 24 heavy (non-hydrogen) atoms. The van der Waals surface area contributed by atoms with Gasteiger partial charge in [-0.2, -0.15) is 0 Å². The van der Waals surface area contributed by atoms with Crippen LogP contribution in [0.15, 0.2) is 48.5 Å². The Kier molecular flexibility index (Phi) is 5.31. The van der Waals surface area contributed by atoms with Gasteiger partial charge in [0.2, 0.25) is 5.91 Å². The molecular formula is C21H26N2O. The van der Waals surface area contributed by atoms with Crippen LogP contribution in [0.4, 0.5) is 5.69 Å². The molecule has 0 spiro atoms. The molecule has 1 amide bonds. The number of carbonyl (C=O) groups excluding carboxylic acids is 1. The third-order valence-electron chi connectivity index (χ3n) is 4.82. The lowest BCUT2D eigenvalue weighted by Crippen LogP contribution is -2.40. The van der Waals surface area contributed by atoms with Crippen LogP contribution in [0.1, 0.15) is 29.5 Å². The molecule has 1 aliphatic rings. The van der Waals surface area contributed by atoms with Crippen molar-refractivity contribution in [2.24, 2.45) is 5.92 Å². The SMILES string of the molecule is Cc1cccc(NC(=O)C2CCCN(Cc3ccccc3C)C2)c1. The van der Waals surface area contributed by atoms with Gasteiger partial charge < -0.3 is 5.32 Å². The summed E-state index contributed by atoms with van der Waals surface area (Å²) in [7, 11) is 0. The zero-order valence-electron chi connectivity index (χ0n) is 14.6. The number of aryl methyl sites for hydroxylation is 2. The molecule has 1 heterocycles. The molecule has 0 aromatic heterocycles. The number of carbonyl (C=O) groups is 1. The molecule has 2 aromatic rings. The number of benzene rings is 2. The molecule has 1 aliphatic heterocycles. The second-order valence-electron chi connectivity index (χ2n) is 6.86. The maximum Gasteiger partial charge on any atom is 0.228 e. The van der Waals surface area contributed by atoms with Crippen molar-refractivity contribution in [3.05, 3.63) is 65.2 Å². The number of rotatable bonds is 4. The molecule has 126 valence electrons. The lowest BCUT2D eigenvalue weighted by Gasteiger charge is -2.32. The normalized spacial score (nSPS) is 18.3. The van der Waals surface area contributed by atoms with E-state index >= 15 is 0 Å². The van der Waals surface area contributed by atoms with E-state index in [-0.39, 0.29) is 11.8 Å². The van der Waals surface area contributed by atoms with Gasteiger partial charge in [0.25, 0.3) is 0 Å². The molecule has 1 N–H and O–H groups in total. The van der Waals surface area contributed by atoms with E-state index in [0.717, 1.165) is 43.7 Å². The monoisotopic (exact) mass is 322 g/mol. The molecule has 0 saturated carbocycles. The predicted octanol–water partition coefficient (Wildman–Crippen LogP) is 4.15. The first-order valence-corrected chi connectivity index (χ1v) is 8.76. The molecule has 0 bridgehead atoms. The number of amides is 1. The first-order chi connectivity index (χ1) is 11.6. The Bertz CT molecular complexity index is 710. The minimum Gasteiger partial charge on any atom is -0.326 e. The Balaban J connectivity index is 1.60. The van der Waals surface area contributed by atoms with Crippen LogP contribution in [0.2, 0.25) is 0 Å². The second-order valence-corrected chi connectivity index (χ2v) is 6.86. The Labute approximate surface area is 144 Å². The van der Waals surface area contributed by atoms with E-state index in [4.69, 9.17) is 0 Å². The van der Waals surface area contributed by atoms with Gasteiger partial charge in [0.05, 0.1) is 5.92 Å². The number of likely N-dealkylation sites (tertiary alicyclic amines) is 1. The van der Waals surface area contributed by atoms with Crippen molar-refractivity contribution >= 4 is 11.6 Å². The standard InChI is InChI=1S/C21H26N2O/c1-16-7-5-11-20(13-16)22-21(24)19-10-6-12-23(15-19)14-18-9-4-3-8-17(18)2/h3-5,7-9,11,13,19H,6,10,12,14-15H2,1-2H3,(H,22,24). The molecule has 1 atom stereocenters. The smallest absolute Gasteiger partial charge is 0.228 e. The highest BCUT2D eigenvalue weighted by molar-refractivity contribution is 5.92. The van der Waals surface area contributed by atoms with Gasteiger partial charge in [-0.1, -0.05) is 36.4 Å². The van der Waals surface area contributed by atoms with Crippen LogP contribution in [0, 0.1) is 19.8 Å². The molecule has 0 radical (unpaired) electrons. The maximum atomic E-state index is 12.6. The summed E-state index contributed by atoms with van der Waals surface area (Å²) in [5, 5.41) is 3.08. The number of hydrogen-bond donors (Lipinski definition) is 1. The average molecular weight is 322 g/mol. The minimum absolute atomic E-state index is 0.0725. The van der Waals surface area contributed by atoms with Crippen molar-refractivity contribution in [1.82, 2.24) is 4.90 Å². The van der Waals surface area contributed by atoms with Gasteiger partial charge in [-0.05, 0) is 62.1 Å². The number of nitrogens with one attached hydrogen (secondary N) is 1. The Morgan fingerprint density at radius 3 is 2.79 bits per heavy atom. The zero-order chi connectivity index (χ0) is 16.9. The summed E-state index contributed by atoms with van der Waals surface area (Å²) < 4.78 is 0. The van der Waals surface area contributed by atoms with E-state index < -0.39 is 0 Å². The van der Waals surface area contributed by atoms with Crippen molar-refractivity contribution in [2.45, 2.75) is 33.2 Å². The van der Waals surface area contributed by atoms with Crippen LogP contribution in [-0.2, 0) is 11.3 Å². The van der Waals surface area contributed by atoms with Gasteiger partial charge >= 0.3 is 0 Å². The van der Waals surface area contributed by atoms with Crippen molar-refractivity contribution in [3.8, 4) is 0 Å². The molecule has 1 fully saturated rings. The van der Waals surface area contributed by atoms with Crippen molar-refractivity contribution in [3.63, 3.8) is 0 Å². The quantitative estimate of drug-likeness (QED) is 0.917. The zero-order valence-corrected chi connectivity index (χ0v) is 14.6. The van der Waals surface area contributed by atoms with E-state index in [9.17, 15) is 4.79 Å². The Morgan fingerprint density at radius 2 is 2.00 bits per heavy atom. The highest BCUT2D eigenvalue weighted by Crippen LogP contribution is 2.21. The van der Waals surface area contributed by atoms with E-state index in [1.165, 1.54) is 11.1 Å². The lowest BCUT2D eigenvalue weighted by atomic mass is 9.96. The third-order valence-corrected chi connectivity index (χ3v) is 4.82. The molecule has 0 aliphatic carbocycles. The third kappa shape index (κ3) is 4.24. The van der Waals surface area contributed by atoms with Crippen LogP contribution < -0.4 is 5.32 Å². The fraction of sp³-hybridized carbons (Fsp3) is 0.381. The summed E-state index contributed by atoms with van der Waals surface area (Å²) in [6.07, 6.45) is 2.06. The van der Waals surface area contributed by atoms with Crippen molar-refractivity contribution in [1.29, 1.82) is 0 Å². The summed E-state index contributed by atoms with van der Waals surface area (Å²) in [4.78, 5) is 15.0. The first-order valence-electron chi connectivity index (χ1n) is 8.76. The summed E-state index contributed by atoms with van der Waals surface area (Å²) in [5.74, 6) is 0.221. The van der Waals surface area contributed by atoms with Gasteiger partial charge in [0, 0.05) is 18.8 Å². The van der Waals surface area contributed by atoms with Crippen LogP contribution in [-0.4, -0.2) is 23.9 Å². The number of anilines is 1. The summed E-state index contributed by atoms with van der Waals surface area (Å²) in [6, 6.07) is 16.5. The average Bonchev–Trinajstić information content (AvgIpc) is 2.57. The van der Waals surface area contributed by atoms with Gasteiger partial charge in [-0.15, -0.1) is 0 Å². The van der Waals surface area contributed by atoms with Gasteiger partial charge in [-0.25, -0.2) is 0 Å². The second kappa shape index (κ2) is 7.63. The topological polar surface area (TPSA) is 32.3 Å². The molecule has 1 unspecified atom stereocenters. The van der Waals surface area contributed by atoms with E-state index in [1.54, 1.807) is 0 Å². The number of hydrogen-bond acceptors (Lipinski definition) is 2. The largest absolute Gasteiger partial charge is 0.326 e. The van der Waals surface area contributed by atoms with Crippen molar-refractivity contribution < 1.29 is 4.79 Å².